The predicted octanol–water partition coefficient (Wildman–Crippen LogP) is 1.67. The average Bonchev–Trinajstić information content (AvgIpc) is 2.06. The van der Waals surface area contributed by atoms with Crippen LogP contribution in [0.1, 0.15) is 33.6 Å². The van der Waals surface area contributed by atoms with Crippen LogP contribution in [0.4, 0.5) is 0 Å². The van der Waals surface area contributed by atoms with E-state index in [9.17, 15) is 9.70 Å². The summed E-state index contributed by atoms with van der Waals surface area (Å²) >= 11 is 0. The van der Waals surface area contributed by atoms with Crippen LogP contribution in [0.15, 0.2) is 5.18 Å². The quantitative estimate of drug-likeness (QED) is 0.601. The third kappa shape index (κ3) is 1.06. The molecular formula is C10H15NO3. The first-order valence-electron chi connectivity index (χ1n) is 4.98. The molecule has 1 aliphatic carbocycles. The van der Waals surface area contributed by atoms with Gasteiger partial charge in [-0.05, 0) is 33.6 Å². The van der Waals surface area contributed by atoms with Gasteiger partial charge in [-0.25, -0.2) is 0 Å². The van der Waals surface area contributed by atoms with Crippen molar-refractivity contribution in [2.24, 2.45) is 11.1 Å². The maximum Gasteiger partial charge on any atom is 0.192 e. The SMILES string of the molecule is CC12CCC(C(N=O)C1=O)C(C)(C)O2. The molecular weight excluding hydrogens is 182 g/mol. The molecule has 0 amide bonds. The summed E-state index contributed by atoms with van der Waals surface area (Å²) in [6, 6.07) is -0.697. The lowest BCUT2D eigenvalue weighted by Crippen LogP contribution is -2.65. The Labute approximate surface area is 83.0 Å². The highest BCUT2D eigenvalue weighted by atomic mass is 16.5. The first-order valence-corrected chi connectivity index (χ1v) is 4.98. The van der Waals surface area contributed by atoms with E-state index in [-0.39, 0.29) is 11.7 Å². The molecule has 1 saturated carbocycles. The highest BCUT2D eigenvalue weighted by Gasteiger charge is 2.59. The summed E-state index contributed by atoms with van der Waals surface area (Å²) in [7, 11) is 0. The fourth-order valence-electron chi connectivity index (χ4n) is 2.81. The van der Waals surface area contributed by atoms with E-state index < -0.39 is 17.2 Å². The number of nitrogens with zero attached hydrogens (tertiary/aromatic N) is 1. The van der Waals surface area contributed by atoms with Crippen molar-refractivity contribution < 1.29 is 9.53 Å². The zero-order valence-corrected chi connectivity index (χ0v) is 8.74. The lowest BCUT2D eigenvalue weighted by atomic mass is 9.65. The molecule has 2 bridgehead atoms. The molecule has 3 atom stereocenters. The van der Waals surface area contributed by atoms with Gasteiger partial charge in [-0.1, -0.05) is 5.18 Å². The van der Waals surface area contributed by atoms with Gasteiger partial charge in [-0.15, -0.1) is 0 Å². The molecule has 0 spiro atoms. The van der Waals surface area contributed by atoms with Gasteiger partial charge >= 0.3 is 0 Å². The Morgan fingerprint density at radius 2 is 2.07 bits per heavy atom. The summed E-state index contributed by atoms with van der Waals surface area (Å²) in [6.45, 7) is 5.63. The van der Waals surface area contributed by atoms with Crippen LogP contribution in [-0.2, 0) is 9.53 Å². The number of carbonyl (C=O) groups is 1. The number of hydrogen-bond acceptors (Lipinski definition) is 4. The van der Waals surface area contributed by atoms with Gasteiger partial charge in [0, 0.05) is 5.92 Å². The molecule has 3 rings (SSSR count). The number of hydrogen-bond donors (Lipinski definition) is 0. The van der Waals surface area contributed by atoms with Crippen LogP contribution in [0.5, 0.6) is 0 Å². The minimum absolute atomic E-state index is 0.0469. The third-order valence-corrected chi connectivity index (χ3v) is 3.60. The van der Waals surface area contributed by atoms with Crippen molar-refractivity contribution in [3.05, 3.63) is 4.91 Å². The van der Waals surface area contributed by atoms with Gasteiger partial charge < -0.3 is 4.74 Å². The van der Waals surface area contributed by atoms with E-state index in [0.29, 0.717) is 6.42 Å². The normalized spacial score (nSPS) is 45.2. The number of carbonyl (C=O) groups excluding carboxylic acids is 1. The van der Waals surface area contributed by atoms with Gasteiger partial charge in [0.25, 0.3) is 0 Å². The summed E-state index contributed by atoms with van der Waals surface area (Å²) < 4.78 is 5.76. The highest BCUT2D eigenvalue weighted by molar-refractivity contribution is 5.94. The van der Waals surface area contributed by atoms with E-state index in [1.165, 1.54) is 0 Å². The monoisotopic (exact) mass is 197 g/mol. The Bertz CT molecular complexity index is 300. The number of ether oxygens (including phenoxy) is 1. The molecule has 0 N–H and O–H groups in total. The molecule has 3 aliphatic rings. The molecule has 0 radical (unpaired) electrons. The Hall–Kier alpha value is -0.770. The van der Waals surface area contributed by atoms with Crippen molar-refractivity contribution in [2.75, 3.05) is 0 Å². The summed E-state index contributed by atoms with van der Waals surface area (Å²) in [5, 5.41) is 2.97. The van der Waals surface area contributed by atoms with Crippen molar-refractivity contribution in [2.45, 2.75) is 50.9 Å². The number of nitroso groups, excluding NO2 is 1. The first-order chi connectivity index (χ1) is 6.41. The Morgan fingerprint density at radius 3 is 2.57 bits per heavy atom. The number of rotatable bonds is 1. The zero-order valence-electron chi connectivity index (χ0n) is 8.74. The zero-order chi connectivity index (χ0) is 10.6. The minimum Gasteiger partial charge on any atom is -0.361 e. The highest BCUT2D eigenvalue weighted by Crippen LogP contribution is 2.48. The summed E-state index contributed by atoms with van der Waals surface area (Å²) in [5.74, 6) is -0.183. The maximum atomic E-state index is 11.8. The van der Waals surface area contributed by atoms with Crippen LogP contribution in [0, 0.1) is 10.8 Å². The smallest absolute Gasteiger partial charge is 0.192 e. The van der Waals surface area contributed by atoms with Crippen molar-refractivity contribution in [3.63, 3.8) is 0 Å². The molecule has 0 aromatic carbocycles. The molecule has 78 valence electrons. The van der Waals surface area contributed by atoms with E-state index in [1.807, 2.05) is 13.8 Å². The summed E-state index contributed by atoms with van der Waals surface area (Å²) in [4.78, 5) is 22.5. The molecule has 3 unspecified atom stereocenters. The number of Topliss-reactive ketones (excluding diaryl/α,β-unsaturated/α-hetero) is 1. The maximum absolute atomic E-state index is 11.8. The lowest BCUT2D eigenvalue weighted by Gasteiger charge is -2.54. The predicted molar refractivity (Wildman–Crippen MR) is 50.9 cm³/mol. The summed E-state index contributed by atoms with van der Waals surface area (Å²) in [6.07, 6.45) is 1.57. The average molecular weight is 197 g/mol. The van der Waals surface area contributed by atoms with Crippen LogP contribution in [0.3, 0.4) is 0 Å². The Morgan fingerprint density at radius 1 is 1.43 bits per heavy atom. The van der Waals surface area contributed by atoms with Gasteiger partial charge in [-0.2, -0.15) is 4.91 Å². The van der Waals surface area contributed by atoms with Gasteiger partial charge in [0.15, 0.2) is 11.8 Å². The largest absolute Gasteiger partial charge is 0.361 e. The first kappa shape index (κ1) is 9.77. The van der Waals surface area contributed by atoms with Crippen molar-refractivity contribution in [1.82, 2.24) is 0 Å². The number of fused-ring (bicyclic) bond motifs is 3. The van der Waals surface area contributed by atoms with Crippen LogP contribution < -0.4 is 0 Å². The van der Waals surface area contributed by atoms with Crippen molar-refractivity contribution >= 4 is 5.78 Å². The lowest BCUT2D eigenvalue weighted by molar-refractivity contribution is -0.224. The Kier molecular flexibility index (Phi) is 1.83. The fraction of sp³-hybridized carbons (Fsp3) is 0.900. The van der Waals surface area contributed by atoms with Crippen molar-refractivity contribution in [3.8, 4) is 0 Å². The van der Waals surface area contributed by atoms with Crippen LogP contribution >= 0.6 is 0 Å². The van der Waals surface area contributed by atoms with E-state index in [4.69, 9.17) is 4.74 Å². The van der Waals surface area contributed by atoms with Gasteiger partial charge in [0.2, 0.25) is 0 Å². The van der Waals surface area contributed by atoms with Gasteiger partial charge in [0.05, 0.1) is 5.60 Å². The van der Waals surface area contributed by atoms with E-state index in [0.717, 1.165) is 6.42 Å². The van der Waals surface area contributed by atoms with Crippen LogP contribution in [-0.4, -0.2) is 23.0 Å². The topological polar surface area (TPSA) is 55.7 Å². The molecule has 0 aromatic rings. The molecule has 2 saturated heterocycles. The van der Waals surface area contributed by atoms with Gasteiger partial charge in [-0.3, -0.25) is 4.79 Å². The van der Waals surface area contributed by atoms with E-state index in [2.05, 4.69) is 5.18 Å². The standard InChI is InChI=1S/C10H15NO3/c1-9(2)6-4-5-10(3,14-9)8(12)7(6)11-13/h6-7H,4-5H2,1-3H3. The number of ketones is 1. The fourth-order valence-corrected chi connectivity index (χ4v) is 2.81. The molecule has 4 heteroatoms. The molecule has 3 fully saturated rings. The molecule has 0 aromatic heterocycles. The van der Waals surface area contributed by atoms with Crippen LogP contribution in [0.2, 0.25) is 0 Å². The third-order valence-electron chi connectivity index (χ3n) is 3.60. The molecule has 2 heterocycles. The van der Waals surface area contributed by atoms with Crippen molar-refractivity contribution in [1.29, 1.82) is 0 Å². The van der Waals surface area contributed by atoms with E-state index in [1.54, 1.807) is 6.92 Å². The molecule has 2 aliphatic heterocycles. The van der Waals surface area contributed by atoms with E-state index >= 15 is 0 Å². The molecule has 14 heavy (non-hydrogen) atoms. The molecule has 4 nitrogen and oxygen atoms in total. The Balaban J connectivity index is 2.42. The second-order valence-electron chi connectivity index (χ2n) is 5.00. The second-order valence-corrected chi connectivity index (χ2v) is 5.00. The summed E-state index contributed by atoms with van der Waals surface area (Å²) in [5.41, 5.74) is -1.18. The van der Waals surface area contributed by atoms with Crippen LogP contribution in [0.25, 0.3) is 0 Å². The van der Waals surface area contributed by atoms with Gasteiger partial charge in [0.1, 0.15) is 5.60 Å². The minimum atomic E-state index is -0.781. The second kappa shape index (κ2) is 2.63.